The SMILES string of the molecule is CCCCNC1CCCCC1C(C)C. The van der Waals surface area contributed by atoms with Crippen molar-refractivity contribution in [2.45, 2.75) is 65.3 Å². The van der Waals surface area contributed by atoms with E-state index >= 15 is 0 Å². The number of hydrogen-bond donors (Lipinski definition) is 1. The van der Waals surface area contributed by atoms with Crippen LogP contribution in [0.25, 0.3) is 0 Å². The lowest BCUT2D eigenvalue weighted by Crippen LogP contribution is -2.41. The third-order valence-electron chi connectivity index (χ3n) is 3.61. The summed E-state index contributed by atoms with van der Waals surface area (Å²) in [7, 11) is 0. The first-order valence-corrected chi connectivity index (χ1v) is 6.49. The van der Waals surface area contributed by atoms with E-state index in [0.29, 0.717) is 0 Å². The fraction of sp³-hybridized carbons (Fsp3) is 1.00. The van der Waals surface area contributed by atoms with E-state index in [-0.39, 0.29) is 0 Å². The molecule has 1 nitrogen and oxygen atoms in total. The molecule has 2 atom stereocenters. The number of hydrogen-bond acceptors (Lipinski definition) is 1. The van der Waals surface area contributed by atoms with E-state index in [1.165, 1.54) is 45.1 Å². The van der Waals surface area contributed by atoms with Crippen LogP contribution in [0, 0.1) is 11.8 Å². The van der Waals surface area contributed by atoms with E-state index in [9.17, 15) is 0 Å². The molecule has 0 radical (unpaired) electrons. The van der Waals surface area contributed by atoms with Gasteiger partial charge in [0, 0.05) is 6.04 Å². The van der Waals surface area contributed by atoms with Crippen LogP contribution in [-0.4, -0.2) is 12.6 Å². The van der Waals surface area contributed by atoms with Gasteiger partial charge in [-0.15, -0.1) is 0 Å². The molecular weight excluding hydrogens is 170 g/mol. The lowest BCUT2D eigenvalue weighted by atomic mass is 9.78. The Balaban J connectivity index is 2.30. The van der Waals surface area contributed by atoms with Crippen LogP contribution in [0.3, 0.4) is 0 Å². The first-order chi connectivity index (χ1) is 6.75. The van der Waals surface area contributed by atoms with Crippen molar-refractivity contribution in [3.63, 3.8) is 0 Å². The molecule has 84 valence electrons. The van der Waals surface area contributed by atoms with Gasteiger partial charge in [0.05, 0.1) is 0 Å². The summed E-state index contributed by atoms with van der Waals surface area (Å²) in [6.45, 7) is 8.25. The Morgan fingerprint density at radius 2 is 1.93 bits per heavy atom. The molecule has 0 aliphatic heterocycles. The van der Waals surface area contributed by atoms with Gasteiger partial charge in [0.2, 0.25) is 0 Å². The number of rotatable bonds is 5. The molecule has 0 spiro atoms. The van der Waals surface area contributed by atoms with Gasteiger partial charge in [-0.2, -0.15) is 0 Å². The average Bonchev–Trinajstić information content (AvgIpc) is 2.19. The molecule has 0 aromatic rings. The quantitative estimate of drug-likeness (QED) is 0.664. The highest BCUT2D eigenvalue weighted by Crippen LogP contribution is 2.30. The van der Waals surface area contributed by atoms with E-state index in [4.69, 9.17) is 0 Å². The van der Waals surface area contributed by atoms with E-state index in [1.807, 2.05) is 0 Å². The summed E-state index contributed by atoms with van der Waals surface area (Å²) >= 11 is 0. The summed E-state index contributed by atoms with van der Waals surface area (Å²) in [4.78, 5) is 0. The Morgan fingerprint density at radius 1 is 1.21 bits per heavy atom. The van der Waals surface area contributed by atoms with Crippen molar-refractivity contribution in [2.75, 3.05) is 6.54 Å². The van der Waals surface area contributed by atoms with Gasteiger partial charge < -0.3 is 5.32 Å². The summed E-state index contributed by atoms with van der Waals surface area (Å²) in [5, 5.41) is 3.75. The van der Waals surface area contributed by atoms with Crippen molar-refractivity contribution in [2.24, 2.45) is 11.8 Å². The Morgan fingerprint density at radius 3 is 2.57 bits per heavy atom. The fourth-order valence-electron chi connectivity index (χ4n) is 2.68. The zero-order valence-electron chi connectivity index (χ0n) is 10.2. The van der Waals surface area contributed by atoms with Crippen molar-refractivity contribution >= 4 is 0 Å². The second-order valence-electron chi connectivity index (χ2n) is 5.11. The molecule has 1 rings (SSSR count). The molecule has 1 saturated carbocycles. The van der Waals surface area contributed by atoms with Gasteiger partial charge in [0.15, 0.2) is 0 Å². The predicted molar refractivity (Wildman–Crippen MR) is 63.5 cm³/mol. The molecule has 1 heteroatoms. The molecule has 1 N–H and O–H groups in total. The maximum absolute atomic E-state index is 3.75. The maximum atomic E-state index is 3.75. The summed E-state index contributed by atoms with van der Waals surface area (Å²) in [5.41, 5.74) is 0. The van der Waals surface area contributed by atoms with Gasteiger partial charge in [-0.1, -0.05) is 40.0 Å². The molecular formula is C13H27N. The molecule has 0 aromatic heterocycles. The Bertz CT molecular complexity index is 142. The Labute approximate surface area is 89.7 Å². The van der Waals surface area contributed by atoms with Crippen LogP contribution in [0.2, 0.25) is 0 Å². The molecule has 0 aromatic carbocycles. The smallest absolute Gasteiger partial charge is 0.00977 e. The first kappa shape index (κ1) is 12.0. The molecule has 1 aliphatic carbocycles. The second-order valence-corrected chi connectivity index (χ2v) is 5.11. The highest BCUT2D eigenvalue weighted by atomic mass is 14.9. The lowest BCUT2D eigenvalue weighted by Gasteiger charge is -2.35. The summed E-state index contributed by atoms with van der Waals surface area (Å²) < 4.78 is 0. The summed E-state index contributed by atoms with van der Waals surface area (Å²) in [6, 6.07) is 0.815. The molecule has 0 saturated heterocycles. The van der Waals surface area contributed by atoms with Gasteiger partial charge >= 0.3 is 0 Å². The molecule has 14 heavy (non-hydrogen) atoms. The third-order valence-corrected chi connectivity index (χ3v) is 3.61. The number of nitrogens with one attached hydrogen (secondary N) is 1. The number of unbranched alkanes of at least 4 members (excludes halogenated alkanes) is 1. The van der Waals surface area contributed by atoms with Crippen molar-refractivity contribution in [3.05, 3.63) is 0 Å². The standard InChI is InChI=1S/C13H27N/c1-4-5-10-14-13-9-7-6-8-12(13)11(2)3/h11-14H,4-10H2,1-3H3. The maximum Gasteiger partial charge on any atom is 0.00977 e. The van der Waals surface area contributed by atoms with Gasteiger partial charge in [-0.05, 0) is 37.6 Å². The van der Waals surface area contributed by atoms with Gasteiger partial charge in [0.25, 0.3) is 0 Å². The fourth-order valence-corrected chi connectivity index (χ4v) is 2.68. The average molecular weight is 197 g/mol. The van der Waals surface area contributed by atoms with Crippen LogP contribution in [0.4, 0.5) is 0 Å². The van der Waals surface area contributed by atoms with Crippen LogP contribution < -0.4 is 5.32 Å². The van der Waals surface area contributed by atoms with Crippen molar-refractivity contribution in [1.82, 2.24) is 5.32 Å². The minimum Gasteiger partial charge on any atom is -0.314 e. The highest BCUT2D eigenvalue weighted by Gasteiger charge is 2.26. The largest absolute Gasteiger partial charge is 0.314 e. The van der Waals surface area contributed by atoms with Gasteiger partial charge in [0.1, 0.15) is 0 Å². The van der Waals surface area contributed by atoms with Crippen molar-refractivity contribution in [3.8, 4) is 0 Å². The van der Waals surface area contributed by atoms with Crippen molar-refractivity contribution in [1.29, 1.82) is 0 Å². The zero-order valence-corrected chi connectivity index (χ0v) is 10.2. The van der Waals surface area contributed by atoms with E-state index in [2.05, 4.69) is 26.1 Å². The normalized spacial score (nSPS) is 28.3. The second kappa shape index (κ2) is 6.44. The van der Waals surface area contributed by atoms with Gasteiger partial charge in [-0.3, -0.25) is 0 Å². The van der Waals surface area contributed by atoms with Crippen LogP contribution in [0.15, 0.2) is 0 Å². The molecule has 0 heterocycles. The van der Waals surface area contributed by atoms with Crippen LogP contribution in [0.1, 0.15) is 59.3 Å². The van der Waals surface area contributed by atoms with E-state index in [1.54, 1.807) is 0 Å². The molecule has 2 unspecified atom stereocenters. The van der Waals surface area contributed by atoms with E-state index < -0.39 is 0 Å². The molecule has 1 aliphatic rings. The summed E-state index contributed by atoms with van der Waals surface area (Å²) in [5.74, 6) is 1.79. The topological polar surface area (TPSA) is 12.0 Å². The molecule has 0 bridgehead atoms. The lowest BCUT2D eigenvalue weighted by molar-refractivity contribution is 0.206. The monoisotopic (exact) mass is 197 g/mol. The van der Waals surface area contributed by atoms with Crippen molar-refractivity contribution < 1.29 is 0 Å². The van der Waals surface area contributed by atoms with Crippen LogP contribution >= 0.6 is 0 Å². The highest BCUT2D eigenvalue weighted by molar-refractivity contribution is 4.82. The molecule has 0 amide bonds. The van der Waals surface area contributed by atoms with Gasteiger partial charge in [-0.25, -0.2) is 0 Å². The first-order valence-electron chi connectivity index (χ1n) is 6.49. The minimum atomic E-state index is 0.815. The third kappa shape index (κ3) is 3.61. The minimum absolute atomic E-state index is 0.815. The zero-order chi connectivity index (χ0) is 10.4. The summed E-state index contributed by atoms with van der Waals surface area (Å²) in [6.07, 6.45) is 8.39. The molecule has 1 fully saturated rings. The van der Waals surface area contributed by atoms with Crippen LogP contribution in [-0.2, 0) is 0 Å². The van der Waals surface area contributed by atoms with E-state index in [0.717, 1.165) is 17.9 Å². The predicted octanol–water partition coefficient (Wildman–Crippen LogP) is 3.59. The van der Waals surface area contributed by atoms with Crippen LogP contribution in [0.5, 0.6) is 0 Å². The Hall–Kier alpha value is -0.0400. The Kier molecular flexibility index (Phi) is 5.54.